The Kier molecular flexibility index (Phi) is 5.34. The van der Waals surface area contributed by atoms with Crippen molar-refractivity contribution in [3.8, 4) is 6.01 Å². The number of benzene rings is 1. The summed E-state index contributed by atoms with van der Waals surface area (Å²) in [6.07, 6.45) is 9.30. The van der Waals surface area contributed by atoms with Crippen LogP contribution in [-0.2, 0) is 19.4 Å². The Morgan fingerprint density at radius 3 is 2.59 bits per heavy atom. The zero-order valence-electron chi connectivity index (χ0n) is 15.8. The van der Waals surface area contributed by atoms with Crippen LogP contribution in [0.25, 0.3) is 0 Å². The highest BCUT2D eigenvalue weighted by Gasteiger charge is 2.26. The fraction of sp³-hybridized carbons (Fsp3) is 0.476. The number of hydrogen-bond donors (Lipinski definition) is 1. The summed E-state index contributed by atoms with van der Waals surface area (Å²) in [6, 6.07) is 7.68. The summed E-state index contributed by atoms with van der Waals surface area (Å²) in [5, 5.41) is 2.95. The van der Waals surface area contributed by atoms with E-state index in [-0.39, 0.29) is 11.9 Å². The van der Waals surface area contributed by atoms with E-state index in [0.717, 1.165) is 31.0 Å². The molecule has 4 rings (SSSR count). The second-order valence-electron chi connectivity index (χ2n) is 7.36. The first-order valence-corrected chi connectivity index (χ1v) is 9.72. The minimum atomic E-state index is -0.177. The van der Waals surface area contributed by atoms with Gasteiger partial charge in [-0.25, -0.2) is 9.97 Å². The number of nitrogens with one attached hydrogen (secondary N) is 1. The Hall–Kier alpha value is -2.47. The molecule has 1 aromatic heterocycles. The van der Waals surface area contributed by atoms with Gasteiger partial charge in [-0.2, -0.15) is 0 Å². The van der Waals surface area contributed by atoms with Gasteiger partial charge in [0, 0.05) is 38.1 Å². The molecular formula is C21H26N4O2. The summed E-state index contributed by atoms with van der Waals surface area (Å²) >= 11 is 0. The maximum Gasteiger partial charge on any atom is 0.316 e. The molecule has 1 amide bonds. The minimum absolute atomic E-state index is 0.177. The number of carbonyl (C=O) groups excluding carboxylic acids is 1. The van der Waals surface area contributed by atoms with E-state index in [4.69, 9.17) is 4.74 Å². The lowest BCUT2D eigenvalue weighted by Crippen LogP contribution is -2.41. The lowest BCUT2D eigenvalue weighted by atomic mass is 9.91. The van der Waals surface area contributed by atoms with Crippen molar-refractivity contribution in [3.63, 3.8) is 0 Å². The molecule has 0 radical (unpaired) electrons. The van der Waals surface area contributed by atoms with Crippen molar-refractivity contribution in [2.45, 2.75) is 44.7 Å². The van der Waals surface area contributed by atoms with E-state index < -0.39 is 0 Å². The Bertz CT molecular complexity index is 802. The van der Waals surface area contributed by atoms with Gasteiger partial charge in [-0.05, 0) is 42.4 Å². The molecule has 2 aliphatic rings. The molecule has 142 valence electrons. The van der Waals surface area contributed by atoms with Crippen LogP contribution in [0.5, 0.6) is 6.01 Å². The highest BCUT2D eigenvalue weighted by Crippen LogP contribution is 2.27. The molecule has 27 heavy (non-hydrogen) atoms. The third-order valence-electron chi connectivity index (χ3n) is 5.72. The molecule has 1 aliphatic heterocycles. The number of fused-ring (bicyclic) bond motifs is 1. The topological polar surface area (TPSA) is 67.3 Å². The fourth-order valence-corrected chi connectivity index (χ4v) is 3.85. The van der Waals surface area contributed by atoms with Crippen LogP contribution < -0.4 is 10.1 Å². The molecule has 0 unspecified atom stereocenters. The van der Waals surface area contributed by atoms with Gasteiger partial charge in [-0.1, -0.05) is 24.6 Å². The summed E-state index contributed by atoms with van der Waals surface area (Å²) in [5.74, 6) is -0.177. The lowest BCUT2D eigenvalue weighted by molar-refractivity contribution is 0.0950. The van der Waals surface area contributed by atoms with E-state index in [0.29, 0.717) is 12.1 Å². The van der Waals surface area contributed by atoms with Gasteiger partial charge in [0.2, 0.25) is 0 Å². The van der Waals surface area contributed by atoms with Crippen molar-refractivity contribution >= 4 is 5.91 Å². The number of amides is 1. The summed E-state index contributed by atoms with van der Waals surface area (Å²) in [4.78, 5) is 22.9. The summed E-state index contributed by atoms with van der Waals surface area (Å²) in [7, 11) is 1.50. The lowest BCUT2D eigenvalue weighted by Gasteiger charge is -2.36. The van der Waals surface area contributed by atoms with Gasteiger partial charge >= 0.3 is 6.01 Å². The minimum Gasteiger partial charge on any atom is -0.467 e. The summed E-state index contributed by atoms with van der Waals surface area (Å²) in [6.45, 7) is 2.83. The van der Waals surface area contributed by atoms with Crippen LogP contribution >= 0.6 is 0 Å². The average molecular weight is 366 g/mol. The average Bonchev–Trinajstić information content (AvgIpc) is 2.87. The van der Waals surface area contributed by atoms with Crippen molar-refractivity contribution in [2.75, 3.05) is 20.2 Å². The van der Waals surface area contributed by atoms with E-state index in [1.54, 1.807) is 0 Å². The van der Waals surface area contributed by atoms with Crippen molar-refractivity contribution in [1.29, 1.82) is 0 Å². The van der Waals surface area contributed by atoms with Gasteiger partial charge in [0.1, 0.15) is 0 Å². The molecule has 0 saturated heterocycles. The summed E-state index contributed by atoms with van der Waals surface area (Å²) in [5.41, 5.74) is 4.45. The van der Waals surface area contributed by atoms with Gasteiger partial charge in [0.15, 0.2) is 0 Å². The van der Waals surface area contributed by atoms with Crippen LogP contribution in [0, 0.1) is 0 Å². The van der Waals surface area contributed by atoms with Crippen molar-refractivity contribution < 1.29 is 9.53 Å². The molecule has 1 saturated carbocycles. The third-order valence-corrected chi connectivity index (χ3v) is 5.72. The fourth-order valence-electron chi connectivity index (χ4n) is 3.85. The van der Waals surface area contributed by atoms with E-state index in [1.807, 2.05) is 0 Å². The number of aromatic nitrogens is 2. The molecule has 1 aliphatic carbocycles. The summed E-state index contributed by atoms with van der Waals surface area (Å²) < 4.78 is 4.92. The Morgan fingerprint density at radius 2 is 1.93 bits per heavy atom. The van der Waals surface area contributed by atoms with E-state index >= 15 is 0 Å². The zero-order chi connectivity index (χ0) is 18.6. The molecule has 1 aromatic carbocycles. The normalized spacial score (nSPS) is 17.5. The molecule has 2 heterocycles. The van der Waals surface area contributed by atoms with Crippen LogP contribution in [-0.4, -0.2) is 47.0 Å². The molecule has 6 heteroatoms. The number of ether oxygens (including phenoxy) is 1. The highest BCUT2D eigenvalue weighted by molar-refractivity contribution is 5.93. The third kappa shape index (κ3) is 4.11. The maximum atomic E-state index is 12.3. The monoisotopic (exact) mass is 366 g/mol. The molecule has 6 nitrogen and oxygen atoms in total. The molecule has 0 spiro atoms. The van der Waals surface area contributed by atoms with Gasteiger partial charge in [0.05, 0.1) is 12.7 Å². The molecule has 1 N–H and O–H groups in total. The molecular weight excluding hydrogens is 340 g/mol. The number of methoxy groups -OCH3 is 1. The van der Waals surface area contributed by atoms with Crippen LogP contribution in [0.2, 0.25) is 0 Å². The largest absolute Gasteiger partial charge is 0.467 e. The van der Waals surface area contributed by atoms with Gasteiger partial charge in [-0.3, -0.25) is 9.69 Å². The van der Waals surface area contributed by atoms with Crippen molar-refractivity contribution in [3.05, 3.63) is 52.8 Å². The number of rotatable bonds is 5. The predicted octanol–water partition coefficient (Wildman–Crippen LogP) is 2.37. The standard InChI is InChI=1S/C21H26N4O2/c1-27-21-23-13-18(14-24-21)20(26)22-12-15-5-6-16-7-9-25(19-3-2-4-19)10-8-17(16)11-15/h5-6,11,13-14,19H,2-4,7-10,12H2,1H3,(H,22,26). The van der Waals surface area contributed by atoms with E-state index in [1.165, 1.54) is 56.4 Å². The van der Waals surface area contributed by atoms with Crippen LogP contribution in [0.15, 0.2) is 30.6 Å². The van der Waals surface area contributed by atoms with E-state index in [9.17, 15) is 4.79 Å². The smallest absolute Gasteiger partial charge is 0.316 e. The first kappa shape index (κ1) is 17.9. The van der Waals surface area contributed by atoms with Gasteiger partial charge < -0.3 is 10.1 Å². The Morgan fingerprint density at radius 1 is 1.19 bits per heavy atom. The van der Waals surface area contributed by atoms with Gasteiger partial charge in [0.25, 0.3) is 5.91 Å². The van der Waals surface area contributed by atoms with Crippen molar-refractivity contribution in [2.24, 2.45) is 0 Å². The second kappa shape index (κ2) is 8.05. The molecule has 1 fully saturated rings. The van der Waals surface area contributed by atoms with Gasteiger partial charge in [-0.15, -0.1) is 0 Å². The number of carbonyl (C=O) groups is 1. The van der Waals surface area contributed by atoms with Crippen LogP contribution in [0.1, 0.15) is 46.3 Å². The van der Waals surface area contributed by atoms with E-state index in [2.05, 4.69) is 38.4 Å². The molecule has 2 aromatic rings. The van der Waals surface area contributed by atoms with Crippen LogP contribution in [0.4, 0.5) is 0 Å². The SMILES string of the molecule is COc1ncc(C(=O)NCc2ccc3c(c2)CCN(C2CCC2)CC3)cn1. The maximum absolute atomic E-state index is 12.3. The van der Waals surface area contributed by atoms with Crippen LogP contribution in [0.3, 0.4) is 0 Å². The number of hydrogen-bond acceptors (Lipinski definition) is 5. The first-order chi connectivity index (χ1) is 13.2. The Labute approximate surface area is 160 Å². The zero-order valence-corrected chi connectivity index (χ0v) is 15.8. The molecule has 0 bridgehead atoms. The molecule has 0 atom stereocenters. The highest BCUT2D eigenvalue weighted by atomic mass is 16.5. The second-order valence-corrected chi connectivity index (χ2v) is 7.36. The quantitative estimate of drug-likeness (QED) is 0.880. The Balaban J connectivity index is 1.36. The predicted molar refractivity (Wildman–Crippen MR) is 103 cm³/mol. The number of nitrogens with zero attached hydrogens (tertiary/aromatic N) is 3. The first-order valence-electron chi connectivity index (χ1n) is 9.72. The van der Waals surface area contributed by atoms with Crippen molar-refractivity contribution in [1.82, 2.24) is 20.2 Å².